The van der Waals surface area contributed by atoms with Gasteiger partial charge in [0.05, 0.1) is 0 Å². The van der Waals surface area contributed by atoms with Gasteiger partial charge in [-0.3, -0.25) is 4.99 Å². The molecular formula is C14H29IN4. The van der Waals surface area contributed by atoms with Crippen molar-refractivity contribution in [2.24, 2.45) is 10.4 Å². The summed E-state index contributed by atoms with van der Waals surface area (Å²) in [6, 6.07) is 0. The second-order valence-corrected chi connectivity index (χ2v) is 5.89. The van der Waals surface area contributed by atoms with Crippen LogP contribution in [0.2, 0.25) is 0 Å². The zero-order chi connectivity index (χ0) is 13.0. The fraction of sp³-hybridized carbons (Fsp3) is 0.929. The van der Waals surface area contributed by atoms with Crippen molar-refractivity contribution >= 4 is 29.9 Å². The van der Waals surface area contributed by atoms with Gasteiger partial charge in [-0.25, -0.2) is 0 Å². The van der Waals surface area contributed by atoms with E-state index >= 15 is 0 Å². The number of aliphatic imine (C=N–C) groups is 1. The Labute approximate surface area is 135 Å². The molecule has 1 saturated heterocycles. The molecule has 19 heavy (non-hydrogen) atoms. The molecule has 5 heteroatoms. The Morgan fingerprint density at radius 3 is 2.58 bits per heavy atom. The normalized spacial score (nSPS) is 21.5. The molecule has 0 aromatic carbocycles. The predicted molar refractivity (Wildman–Crippen MR) is 92.4 cm³/mol. The molecule has 2 aliphatic rings. The van der Waals surface area contributed by atoms with E-state index in [-0.39, 0.29) is 24.0 Å². The van der Waals surface area contributed by atoms with E-state index in [0.717, 1.165) is 25.6 Å². The van der Waals surface area contributed by atoms with Crippen LogP contribution in [0.25, 0.3) is 0 Å². The Hall–Kier alpha value is -0.0400. The number of likely N-dealkylation sites (N-methyl/N-ethyl adjacent to an activating group) is 1. The van der Waals surface area contributed by atoms with Crippen LogP contribution in [0.1, 0.15) is 32.6 Å². The number of likely N-dealkylation sites (tertiary alicyclic amines) is 1. The Morgan fingerprint density at radius 2 is 2.11 bits per heavy atom. The molecule has 1 saturated carbocycles. The van der Waals surface area contributed by atoms with Crippen LogP contribution in [-0.4, -0.2) is 62.6 Å². The van der Waals surface area contributed by atoms with Crippen molar-refractivity contribution in [2.45, 2.75) is 32.6 Å². The van der Waals surface area contributed by atoms with Gasteiger partial charge in [-0.2, -0.15) is 0 Å². The molecule has 0 bridgehead atoms. The lowest BCUT2D eigenvalue weighted by Crippen LogP contribution is -2.44. The fourth-order valence-electron chi connectivity index (χ4n) is 3.05. The molecular weight excluding hydrogens is 351 g/mol. The van der Waals surface area contributed by atoms with E-state index in [4.69, 9.17) is 0 Å². The highest BCUT2D eigenvalue weighted by Crippen LogP contribution is 2.47. The maximum Gasteiger partial charge on any atom is 0.193 e. The smallest absolute Gasteiger partial charge is 0.193 e. The number of hydrogen-bond acceptors (Lipinski definition) is 2. The van der Waals surface area contributed by atoms with Crippen LogP contribution >= 0.6 is 24.0 Å². The summed E-state index contributed by atoms with van der Waals surface area (Å²) >= 11 is 0. The molecule has 112 valence electrons. The Kier molecular flexibility index (Phi) is 6.86. The summed E-state index contributed by atoms with van der Waals surface area (Å²) in [5.74, 6) is 1.10. The molecule has 0 atom stereocenters. The lowest BCUT2D eigenvalue weighted by Gasteiger charge is -2.38. The van der Waals surface area contributed by atoms with Gasteiger partial charge in [0, 0.05) is 33.2 Å². The van der Waals surface area contributed by atoms with Gasteiger partial charge in [-0.15, -0.1) is 24.0 Å². The van der Waals surface area contributed by atoms with Crippen LogP contribution in [-0.2, 0) is 0 Å². The lowest BCUT2D eigenvalue weighted by atomic mass is 9.68. The highest BCUT2D eigenvalue weighted by molar-refractivity contribution is 14.0. The van der Waals surface area contributed by atoms with Crippen molar-refractivity contribution in [2.75, 3.05) is 46.8 Å². The Balaban J connectivity index is 0.00000180. The molecule has 0 unspecified atom stereocenters. The SMILES string of the molecule is CCN(C)CCNC(=NC)N1CCC2(CCC2)C1.I. The largest absolute Gasteiger partial charge is 0.355 e. The second-order valence-electron chi connectivity index (χ2n) is 5.89. The maximum atomic E-state index is 4.43. The van der Waals surface area contributed by atoms with Gasteiger partial charge >= 0.3 is 0 Å². The minimum Gasteiger partial charge on any atom is -0.355 e. The molecule has 2 rings (SSSR count). The molecule has 1 spiro atoms. The summed E-state index contributed by atoms with van der Waals surface area (Å²) in [7, 11) is 4.06. The van der Waals surface area contributed by atoms with E-state index in [2.05, 4.69) is 34.1 Å². The van der Waals surface area contributed by atoms with Crippen molar-refractivity contribution in [3.05, 3.63) is 0 Å². The highest BCUT2D eigenvalue weighted by atomic mass is 127. The minimum absolute atomic E-state index is 0. The fourth-order valence-corrected chi connectivity index (χ4v) is 3.05. The molecule has 1 aliphatic carbocycles. The maximum absolute atomic E-state index is 4.43. The average Bonchev–Trinajstić information content (AvgIpc) is 2.79. The standard InChI is InChI=1S/C14H28N4.HI/c1-4-17(3)11-9-16-13(15-2)18-10-8-14(12-18)6-5-7-14;/h4-12H2,1-3H3,(H,15,16);1H. The van der Waals surface area contributed by atoms with Gasteiger partial charge in [0.1, 0.15) is 0 Å². The summed E-state index contributed by atoms with van der Waals surface area (Å²) in [5, 5.41) is 3.50. The molecule has 0 amide bonds. The third-order valence-corrected chi connectivity index (χ3v) is 4.68. The third-order valence-electron chi connectivity index (χ3n) is 4.68. The summed E-state index contributed by atoms with van der Waals surface area (Å²) in [6.45, 7) is 7.76. The van der Waals surface area contributed by atoms with Gasteiger partial charge in [0.15, 0.2) is 5.96 Å². The first-order valence-electron chi connectivity index (χ1n) is 7.33. The summed E-state index contributed by atoms with van der Waals surface area (Å²) in [6.07, 6.45) is 5.65. The monoisotopic (exact) mass is 380 g/mol. The molecule has 0 aromatic heterocycles. The predicted octanol–water partition coefficient (Wildman–Crippen LogP) is 2.01. The van der Waals surface area contributed by atoms with Crippen LogP contribution < -0.4 is 5.32 Å². The molecule has 1 heterocycles. The van der Waals surface area contributed by atoms with E-state index < -0.39 is 0 Å². The number of guanidine groups is 1. The molecule has 1 aliphatic heterocycles. The van der Waals surface area contributed by atoms with E-state index in [1.165, 1.54) is 38.8 Å². The average molecular weight is 380 g/mol. The van der Waals surface area contributed by atoms with Gasteiger partial charge in [0.2, 0.25) is 0 Å². The summed E-state index contributed by atoms with van der Waals surface area (Å²) in [4.78, 5) is 9.20. The van der Waals surface area contributed by atoms with E-state index in [1.54, 1.807) is 0 Å². The van der Waals surface area contributed by atoms with Crippen molar-refractivity contribution in [3.8, 4) is 0 Å². The number of hydrogen-bond donors (Lipinski definition) is 1. The van der Waals surface area contributed by atoms with Crippen LogP contribution in [0.5, 0.6) is 0 Å². The van der Waals surface area contributed by atoms with E-state index in [0.29, 0.717) is 5.41 Å². The highest BCUT2D eigenvalue weighted by Gasteiger charge is 2.43. The van der Waals surface area contributed by atoms with Crippen LogP contribution in [0.3, 0.4) is 0 Å². The number of nitrogens with one attached hydrogen (secondary N) is 1. The van der Waals surface area contributed by atoms with Gasteiger partial charge < -0.3 is 15.1 Å². The second kappa shape index (κ2) is 7.67. The van der Waals surface area contributed by atoms with Crippen molar-refractivity contribution in [1.82, 2.24) is 15.1 Å². The van der Waals surface area contributed by atoms with E-state index in [9.17, 15) is 0 Å². The number of halogens is 1. The zero-order valence-electron chi connectivity index (χ0n) is 12.6. The molecule has 1 N–H and O–H groups in total. The summed E-state index contributed by atoms with van der Waals surface area (Å²) < 4.78 is 0. The first-order valence-corrected chi connectivity index (χ1v) is 7.33. The topological polar surface area (TPSA) is 30.9 Å². The Morgan fingerprint density at radius 1 is 1.37 bits per heavy atom. The first-order chi connectivity index (χ1) is 8.69. The van der Waals surface area contributed by atoms with Crippen LogP contribution in [0.15, 0.2) is 4.99 Å². The van der Waals surface area contributed by atoms with Crippen molar-refractivity contribution in [1.29, 1.82) is 0 Å². The Bertz CT molecular complexity index is 302. The molecule has 0 radical (unpaired) electrons. The first kappa shape index (κ1) is 17.0. The quantitative estimate of drug-likeness (QED) is 0.460. The van der Waals surface area contributed by atoms with Gasteiger partial charge in [-0.05, 0) is 38.3 Å². The van der Waals surface area contributed by atoms with Gasteiger partial charge in [-0.1, -0.05) is 13.3 Å². The van der Waals surface area contributed by atoms with Gasteiger partial charge in [0.25, 0.3) is 0 Å². The third kappa shape index (κ3) is 4.21. The number of rotatable bonds is 4. The molecule has 2 fully saturated rings. The van der Waals surface area contributed by atoms with E-state index in [1.807, 2.05) is 7.05 Å². The van der Waals surface area contributed by atoms with Crippen molar-refractivity contribution in [3.63, 3.8) is 0 Å². The van der Waals surface area contributed by atoms with Crippen LogP contribution in [0, 0.1) is 5.41 Å². The van der Waals surface area contributed by atoms with Crippen LogP contribution in [0.4, 0.5) is 0 Å². The minimum atomic E-state index is 0. The summed E-state index contributed by atoms with van der Waals surface area (Å²) in [5.41, 5.74) is 0.651. The number of nitrogens with zero attached hydrogens (tertiary/aromatic N) is 3. The lowest BCUT2D eigenvalue weighted by molar-refractivity contribution is 0.151. The molecule has 0 aromatic rings. The zero-order valence-corrected chi connectivity index (χ0v) is 14.9. The molecule has 4 nitrogen and oxygen atoms in total. The van der Waals surface area contributed by atoms with Crippen molar-refractivity contribution < 1.29 is 0 Å².